The Morgan fingerprint density at radius 1 is 1.54 bits per heavy atom. The summed E-state index contributed by atoms with van der Waals surface area (Å²) in [5.41, 5.74) is 0. The first-order chi connectivity index (χ1) is 6.24. The molecule has 0 aromatic carbocycles. The van der Waals surface area contributed by atoms with E-state index in [9.17, 15) is 4.79 Å². The van der Waals surface area contributed by atoms with Crippen molar-refractivity contribution in [3.63, 3.8) is 0 Å². The predicted molar refractivity (Wildman–Crippen MR) is 53.5 cm³/mol. The number of carbonyl (C=O) groups is 1. The van der Waals surface area contributed by atoms with Gasteiger partial charge in [-0.1, -0.05) is 13.3 Å². The molecule has 3 nitrogen and oxygen atoms in total. The SMILES string of the molecule is CCCNC(=O)C(C)NC1CCC1. The van der Waals surface area contributed by atoms with Crippen LogP contribution in [-0.2, 0) is 4.79 Å². The molecule has 0 saturated heterocycles. The number of nitrogens with one attached hydrogen (secondary N) is 2. The molecule has 0 spiro atoms. The van der Waals surface area contributed by atoms with Gasteiger partial charge in [0.15, 0.2) is 0 Å². The number of carbonyl (C=O) groups excluding carboxylic acids is 1. The van der Waals surface area contributed by atoms with Crippen molar-refractivity contribution in [1.29, 1.82) is 0 Å². The lowest BCUT2D eigenvalue weighted by molar-refractivity contribution is -0.123. The fourth-order valence-corrected chi connectivity index (χ4v) is 1.41. The molecule has 0 bridgehead atoms. The summed E-state index contributed by atoms with van der Waals surface area (Å²) in [4.78, 5) is 11.4. The zero-order chi connectivity index (χ0) is 9.68. The second-order valence-electron chi connectivity index (χ2n) is 3.81. The van der Waals surface area contributed by atoms with Crippen LogP contribution in [0.1, 0.15) is 39.5 Å². The molecule has 0 aliphatic heterocycles. The van der Waals surface area contributed by atoms with Crippen LogP contribution in [0.4, 0.5) is 0 Å². The Kier molecular flexibility index (Phi) is 4.22. The van der Waals surface area contributed by atoms with Gasteiger partial charge in [0, 0.05) is 12.6 Å². The van der Waals surface area contributed by atoms with E-state index in [0.717, 1.165) is 13.0 Å². The minimum absolute atomic E-state index is 0.0307. The monoisotopic (exact) mass is 184 g/mol. The Morgan fingerprint density at radius 2 is 2.23 bits per heavy atom. The van der Waals surface area contributed by atoms with Crippen LogP contribution in [0, 0.1) is 0 Å². The largest absolute Gasteiger partial charge is 0.355 e. The van der Waals surface area contributed by atoms with Gasteiger partial charge >= 0.3 is 0 Å². The van der Waals surface area contributed by atoms with Gasteiger partial charge in [0.1, 0.15) is 0 Å². The first-order valence-electron chi connectivity index (χ1n) is 5.27. The lowest BCUT2D eigenvalue weighted by Gasteiger charge is -2.29. The standard InChI is InChI=1S/C10H20N2O/c1-3-7-11-10(13)8(2)12-9-5-4-6-9/h8-9,12H,3-7H2,1-2H3,(H,11,13). The number of hydrogen-bond donors (Lipinski definition) is 2. The molecule has 0 radical (unpaired) electrons. The highest BCUT2D eigenvalue weighted by Crippen LogP contribution is 2.18. The molecule has 1 rings (SSSR count). The maximum atomic E-state index is 11.4. The van der Waals surface area contributed by atoms with E-state index in [1.54, 1.807) is 0 Å². The van der Waals surface area contributed by atoms with E-state index in [1.165, 1.54) is 19.3 Å². The van der Waals surface area contributed by atoms with Crippen molar-refractivity contribution in [1.82, 2.24) is 10.6 Å². The number of hydrogen-bond acceptors (Lipinski definition) is 2. The summed E-state index contributed by atoms with van der Waals surface area (Å²) in [6, 6.07) is 0.555. The van der Waals surface area contributed by atoms with Gasteiger partial charge in [-0.15, -0.1) is 0 Å². The summed E-state index contributed by atoms with van der Waals surface area (Å²) in [7, 11) is 0. The van der Waals surface area contributed by atoms with Crippen molar-refractivity contribution in [3.05, 3.63) is 0 Å². The third-order valence-corrected chi connectivity index (χ3v) is 2.53. The van der Waals surface area contributed by atoms with E-state index in [0.29, 0.717) is 6.04 Å². The highest BCUT2D eigenvalue weighted by atomic mass is 16.2. The van der Waals surface area contributed by atoms with E-state index in [2.05, 4.69) is 17.6 Å². The van der Waals surface area contributed by atoms with Crippen LogP contribution >= 0.6 is 0 Å². The van der Waals surface area contributed by atoms with E-state index in [-0.39, 0.29) is 11.9 Å². The maximum absolute atomic E-state index is 11.4. The molecule has 1 unspecified atom stereocenters. The molecule has 0 aromatic rings. The fraction of sp³-hybridized carbons (Fsp3) is 0.900. The van der Waals surface area contributed by atoms with E-state index in [4.69, 9.17) is 0 Å². The van der Waals surface area contributed by atoms with Crippen molar-refractivity contribution < 1.29 is 4.79 Å². The van der Waals surface area contributed by atoms with E-state index in [1.807, 2.05) is 6.92 Å². The molecule has 0 aromatic heterocycles. The molecule has 1 aliphatic carbocycles. The average molecular weight is 184 g/mol. The minimum atomic E-state index is -0.0307. The molecular weight excluding hydrogens is 164 g/mol. The molecule has 13 heavy (non-hydrogen) atoms. The highest BCUT2D eigenvalue weighted by Gasteiger charge is 2.21. The van der Waals surface area contributed by atoms with E-state index < -0.39 is 0 Å². The molecule has 1 atom stereocenters. The molecular formula is C10H20N2O. The summed E-state index contributed by atoms with van der Waals surface area (Å²) >= 11 is 0. The topological polar surface area (TPSA) is 41.1 Å². The minimum Gasteiger partial charge on any atom is -0.355 e. The molecule has 1 amide bonds. The van der Waals surface area contributed by atoms with Gasteiger partial charge in [0.25, 0.3) is 0 Å². The Balaban J connectivity index is 2.13. The molecule has 3 heteroatoms. The number of amides is 1. The lowest BCUT2D eigenvalue weighted by Crippen LogP contribution is -2.48. The van der Waals surface area contributed by atoms with Crippen LogP contribution in [0.15, 0.2) is 0 Å². The van der Waals surface area contributed by atoms with Gasteiger partial charge in [-0.25, -0.2) is 0 Å². The van der Waals surface area contributed by atoms with Crippen molar-refractivity contribution in [2.24, 2.45) is 0 Å². The van der Waals surface area contributed by atoms with Gasteiger partial charge in [-0.3, -0.25) is 4.79 Å². The molecule has 1 saturated carbocycles. The van der Waals surface area contributed by atoms with Crippen LogP contribution in [0.25, 0.3) is 0 Å². The predicted octanol–water partition coefficient (Wildman–Crippen LogP) is 1.04. The highest BCUT2D eigenvalue weighted by molar-refractivity contribution is 5.81. The van der Waals surface area contributed by atoms with Gasteiger partial charge < -0.3 is 10.6 Å². The van der Waals surface area contributed by atoms with Crippen molar-refractivity contribution >= 4 is 5.91 Å². The van der Waals surface area contributed by atoms with E-state index >= 15 is 0 Å². The molecule has 2 N–H and O–H groups in total. The van der Waals surface area contributed by atoms with Gasteiger partial charge in [0.2, 0.25) is 5.91 Å². The average Bonchev–Trinajstić information content (AvgIpc) is 2.06. The zero-order valence-corrected chi connectivity index (χ0v) is 8.60. The Hall–Kier alpha value is -0.570. The van der Waals surface area contributed by atoms with Gasteiger partial charge in [0.05, 0.1) is 6.04 Å². The van der Waals surface area contributed by atoms with Gasteiger partial charge in [-0.05, 0) is 26.2 Å². The Bertz CT molecular complexity index is 166. The van der Waals surface area contributed by atoms with Crippen LogP contribution in [0.3, 0.4) is 0 Å². The Labute approximate surface area is 80.3 Å². The quantitative estimate of drug-likeness (QED) is 0.670. The molecule has 76 valence electrons. The van der Waals surface area contributed by atoms with Gasteiger partial charge in [-0.2, -0.15) is 0 Å². The second kappa shape index (κ2) is 5.22. The lowest BCUT2D eigenvalue weighted by atomic mass is 9.92. The van der Waals surface area contributed by atoms with Crippen molar-refractivity contribution in [2.75, 3.05) is 6.54 Å². The van der Waals surface area contributed by atoms with Crippen LogP contribution in [0.2, 0.25) is 0 Å². The zero-order valence-electron chi connectivity index (χ0n) is 8.60. The first-order valence-corrected chi connectivity index (χ1v) is 5.27. The maximum Gasteiger partial charge on any atom is 0.236 e. The van der Waals surface area contributed by atoms with Crippen molar-refractivity contribution in [3.8, 4) is 0 Å². The van der Waals surface area contributed by atoms with Crippen LogP contribution in [-0.4, -0.2) is 24.5 Å². The summed E-state index contributed by atoms with van der Waals surface area (Å²) in [6.45, 7) is 4.78. The first kappa shape index (κ1) is 10.5. The molecule has 1 aliphatic rings. The fourth-order valence-electron chi connectivity index (χ4n) is 1.41. The summed E-state index contributed by atoms with van der Waals surface area (Å²) in [5, 5.41) is 6.20. The normalized spacial score (nSPS) is 19.2. The smallest absolute Gasteiger partial charge is 0.236 e. The number of rotatable bonds is 5. The molecule has 1 fully saturated rings. The van der Waals surface area contributed by atoms with Crippen LogP contribution in [0.5, 0.6) is 0 Å². The van der Waals surface area contributed by atoms with Crippen molar-refractivity contribution in [2.45, 2.75) is 51.6 Å². The third kappa shape index (κ3) is 3.35. The van der Waals surface area contributed by atoms with Crippen LogP contribution < -0.4 is 10.6 Å². The summed E-state index contributed by atoms with van der Waals surface area (Å²) < 4.78 is 0. The third-order valence-electron chi connectivity index (χ3n) is 2.53. The summed E-state index contributed by atoms with van der Waals surface area (Å²) in [6.07, 6.45) is 4.76. The second-order valence-corrected chi connectivity index (χ2v) is 3.81. The Morgan fingerprint density at radius 3 is 2.69 bits per heavy atom. The molecule has 0 heterocycles. The summed E-state index contributed by atoms with van der Waals surface area (Å²) in [5.74, 6) is 0.133.